The summed E-state index contributed by atoms with van der Waals surface area (Å²) in [5.74, 6) is -0.414. The summed E-state index contributed by atoms with van der Waals surface area (Å²) >= 11 is 0. The Hall–Kier alpha value is -3.51. The van der Waals surface area contributed by atoms with Gasteiger partial charge in [-0.3, -0.25) is 9.78 Å². The first-order valence-electron chi connectivity index (χ1n) is 13.0. The predicted molar refractivity (Wildman–Crippen MR) is 138 cm³/mol. The van der Waals surface area contributed by atoms with Crippen LogP contribution in [0, 0.1) is 11.3 Å². The lowest BCUT2D eigenvalue weighted by molar-refractivity contribution is -0.133. The van der Waals surface area contributed by atoms with Crippen LogP contribution < -0.4 is 5.32 Å². The quantitative estimate of drug-likeness (QED) is 0.660. The highest BCUT2D eigenvalue weighted by molar-refractivity contribution is 5.82. The molecule has 0 radical (unpaired) electrons. The number of nitrogens with one attached hydrogen (secondary N) is 1. The summed E-state index contributed by atoms with van der Waals surface area (Å²) in [5.41, 5.74) is 4.29. The number of ether oxygens (including phenoxy) is 2. The molecule has 1 aromatic carbocycles. The molecule has 1 N–H and O–H groups in total. The Morgan fingerprint density at radius 2 is 1.92 bits per heavy atom. The first-order chi connectivity index (χ1) is 17.7. The number of aromatic nitrogens is 2. The molecule has 2 atom stereocenters. The zero-order valence-electron chi connectivity index (χ0n) is 21.8. The van der Waals surface area contributed by atoms with Crippen molar-refractivity contribution in [2.45, 2.75) is 77.0 Å². The number of carbonyl (C=O) groups is 2. The number of fused-ring (bicyclic) bond motifs is 1. The minimum Gasteiger partial charge on any atom is -0.444 e. The third-order valence-corrected chi connectivity index (χ3v) is 6.39. The van der Waals surface area contributed by atoms with Crippen LogP contribution in [0.4, 0.5) is 4.79 Å². The molecule has 0 unspecified atom stereocenters. The average Bonchev–Trinajstić information content (AvgIpc) is 3.14. The van der Waals surface area contributed by atoms with Crippen LogP contribution in [-0.4, -0.2) is 64.3 Å². The molecule has 1 fully saturated rings. The van der Waals surface area contributed by atoms with Crippen molar-refractivity contribution in [3.8, 4) is 17.3 Å². The van der Waals surface area contributed by atoms with Crippen LogP contribution in [0.15, 0.2) is 30.5 Å². The zero-order chi connectivity index (χ0) is 26.4. The van der Waals surface area contributed by atoms with E-state index in [-0.39, 0.29) is 6.54 Å². The molecule has 196 valence electrons. The van der Waals surface area contributed by atoms with E-state index in [2.05, 4.69) is 16.4 Å². The van der Waals surface area contributed by atoms with Gasteiger partial charge in [-0.2, -0.15) is 5.26 Å². The van der Waals surface area contributed by atoms with Crippen molar-refractivity contribution in [1.29, 1.82) is 5.26 Å². The molecule has 9 heteroatoms. The van der Waals surface area contributed by atoms with Gasteiger partial charge in [0.1, 0.15) is 11.6 Å². The van der Waals surface area contributed by atoms with Gasteiger partial charge in [0.05, 0.1) is 35.9 Å². The smallest absolute Gasteiger partial charge is 0.410 e. The minimum absolute atomic E-state index is 0.0788. The maximum absolute atomic E-state index is 12.9. The van der Waals surface area contributed by atoms with Gasteiger partial charge < -0.3 is 19.7 Å². The molecule has 9 nitrogen and oxygen atoms in total. The van der Waals surface area contributed by atoms with Crippen LogP contribution >= 0.6 is 0 Å². The maximum Gasteiger partial charge on any atom is 0.410 e. The number of benzene rings is 1. The third kappa shape index (κ3) is 7.26. The van der Waals surface area contributed by atoms with Gasteiger partial charge in [0, 0.05) is 25.1 Å². The van der Waals surface area contributed by atoms with Crippen LogP contribution in [0.25, 0.3) is 11.3 Å². The molecular formula is C28H35N5O4. The number of aryl methyl sites for hydroxylation is 2. The van der Waals surface area contributed by atoms with Crippen molar-refractivity contribution in [3.05, 3.63) is 47.4 Å². The third-order valence-electron chi connectivity index (χ3n) is 6.39. The fraction of sp³-hybridized carbons (Fsp3) is 0.536. The van der Waals surface area contributed by atoms with Crippen molar-refractivity contribution in [2.75, 3.05) is 19.7 Å². The number of carbonyl (C=O) groups excluding carboxylic acids is 2. The summed E-state index contributed by atoms with van der Waals surface area (Å²) < 4.78 is 11.1. The van der Waals surface area contributed by atoms with Crippen LogP contribution in [-0.2, 0) is 33.5 Å². The molecule has 1 aromatic heterocycles. The number of hydrogen-bond acceptors (Lipinski definition) is 7. The highest BCUT2D eigenvalue weighted by atomic mass is 16.6. The first kappa shape index (κ1) is 26.6. The average molecular weight is 506 g/mol. The van der Waals surface area contributed by atoms with Gasteiger partial charge in [0.2, 0.25) is 0 Å². The van der Waals surface area contributed by atoms with Crippen molar-refractivity contribution < 1.29 is 19.1 Å². The fourth-order valence-electron chi connectivity index (χ4n) is 4.50. The summed E-state index contributed by atoms with van der Waals surface area (Å²) in [4.78, 5) is 36.3. The van der Waals surface area contributed by atoms with E-state index in [1.807, 2.05) is 30.5 Å². The minimum atomic E-state index is -0.865. The Morgan fingerprint density at radius 1 is 1.19 bits per heavy atom. The van der Waals surface area contributed by atoms with E-state index in [4.69, 9.17) is 14.5 Å². The SMILES string of the molecule is CC(C)(C)OC(=O)N1CCCO[C@H](C(=O)N[C@H](C#N)Cc2ccc(-c3cnc4c(n3)CCCC4)cc2)C1. The highest BCUT2D eigenvalue weighted by Gasteiger charge is 2.31. The van der Waals surface area contributed by atoms with Crippen molar-refractivity contribution >= 4 is 12.0 Å². The molecule has 0 spiro atoms. The van der Waals surface area contributed by atoms with Crippen LogP contribution in [0.5, 0.6) is 0 Å². The lowest BCUT2D eigenvalue weighted by atomic mass is 9.99. The van der Waals surface area contributed by atoms with Crippen LogP contribution in [0.2, 0.25) is 0 Å². The Kier molecular flexibility index (Phi) is 8.39. The van der Waals surface area contributed by atoms with Gasteiger partial charge in [0.15, 0.2) is 6.10 Å². The van der Waals surface area contributed by atoms with Gasteiger partial charge in [-0.15, -0.1) is 0 Å². The van der Waals surface area contributed by atoms with E-state index in [1.165, 1.54) is 11.3 Å². The van der Waals surface area contributed by atoms with Gasteiger partial charge in [-0.1, -0.05) is 24.3 Å². The van der Waals surface area contributed by atoms with Crippen LogP contribution in [0.3, 0.4) is 0 Å². The van der Waals surface area contributed by atoms with Crippen molar-refractivity contribution in [1.82, 2.24) is 20.2 Å². The fourth-order valence-corrected chi connectivity index (χ4v) is 4.50. The van der Waals surface area contributed by atoms with Gasteiger partial charge in [-0.05, 0) is 58.4 Å². The van der Waals surface area contributed by atoms with Gasteiger partial charge in [-0.25, -0.2) is 9.78 Å². The Bertz CT molecular complexity index is 1150. The maximum atomic E-state index is 12.9. The molecular weight excluding hydrogens is 470 g/mol. The molecule has 1 saturated heterocycles. The van der Waals surface area contributed by atoms with Crippen molar-refractivity contribution in [3.63, 3.8) is 0 Å². The largest absolute Gasteiger partial charge is 0.444 e. The molecule has 2 amide bonds. The molecule has 2 aliphatic rings. The second-order valence-corrected chi connectivity index (χ2v) is 10.6. The second kappa shape index (κ2) is 11.7. The molecule has 1 aliphatic carbocycles. The first-order valence-corrected chi connectivity index (χ1v) is 13.0. The molecule has 2 aromatic rings. The zero-order valence-corrected chi connectivity index (χ0v) is 21.8. The number of nitriles is 1. The summed E-state index contributed by atoms with van der Waals surface area (Å²) in [5, 5.41) is 12.5. The van der Waals surface area contributed by atoms with E-state index in [0.717, 1.165) is 47.5 Å². The normalized spacial score (nSPS) is 18.6. The molecule has 1 aliphatic heterocycles. The number of rotatable bonds is 5. The summed E-state index contributed by atoms with van der Waals surface area (Å²) in [6, 6.07) is 9.26. The molecule has 0 bridgehead atoms. The molecule has 2 heterocycles. The van der Waals surface area contributed by atoms with E-state index in [0.29, 0.717) is 26.0 Å². The number of nitrogens with zero attached hydrogens (tertiary/aromatic N) is 4. The van der Waals surface area contributed by atoms with Crippen LogP contribution in [0.1, 0.15) is 57.0 Å². The summed E-state index contributed by atoms with van der Waals surface area (Å²) in [6.45, 7) is 6.27. The lowest BCUT2D eigenvalue weighted by Gasteiger charge is -2.27. The summed E-state index contributed by atoms with van der Waals surface area (Å²) in [6.07, 6.45) is 5.72. The van der Waals surface area contributed by atoms with Gasteiger partial charge in [0.25, 0.3) is 5.91 Å². The molecule has 37 heavy (non-hydrogen) atoms. The Morgan fingerprint density at radius 3 is 2.62 bits per heavy atom. The standard InChI is InChI=1S/C28H35N5O4/c1-28(2,3)37-27(35)33-13-6-14-36-25(18-33)26(34)31-21(16-29)15-19-9-11-20(12-10-19)24-17-30-22-7-4-5-8-23(22)32-24/h9-12,17,21,25H,4-8,13-15,18H2,1-3H3,(H,31,34)/t21-,25-/m0/s1. The monoisotopic (exact) mass is 505 g/mol. The molecule has 4 rings (SSSR count). The highest BCUT2D eigenvalue weighted by Crippen LogP contribution is 2.23. The second-order valence-electron chi connectivity index (χ2n) is 10.6. The summed E-state index contributed by atoms with van der Waals surface area (Å²) in [7, 11) is 0. The predicted octanol–water partition coefficient (Wildman–Crippen LogP) is 3.60. The van der Waals surface area contributed by atoms with Crippen molar-refractivity contribution in [2.24, 2.45) is 0 Å². The van der Waals surface area contributed by atoms with E-state index < -0.39 is 29.7 Å². The molecule has 0 saturated carbocycles. The van der Waals surface area contributed by atoms with E-state index >= 15 is 0 Å². The van der Waals surface area contributed by atoms with E-state index in [9.17, 15) is 14.9 Å². The number of hydrogen-bond donors (Lipinski definition) is 1. The number of amides is 2. The Balaban J connectivity index is 1.35. The van der Waals surface area contributed by atoms with Gasteiger partial charge >= 0.3 is 6.09 Å². The topological polar surface area (TPSA) is 117 Å². The Labute approximate surface area is 218 Å². The van der Waals surface area contributed by atoms with E-state index in [1.54, 1.807) is 20.8 Å². The lowest BCUT2D eigenvalue weighted by Crippen LogP contribution is -2.48.